The van der Waals surface area contributed by atoms with Gasteiger partial charge in [0.1, 0.15) is 0 Å². The van der Waals surface area contributed by atoms with Crippen molar-refractivity contribution in [2.75, 3.05) is 5.73 Å². The van der Waals surface area contributed by atoms with E-state index >= 15 is 0 Å². The summed E-state index contributed by atoms with van der Waals surface area (Å²) in [5.74, 6) is 0. The topological polar surface area (TPSA) is 26.0 Å². The maximum absolute atomic E-state index is 6.13. The second-order valence-corrected chi connectivity index (χ2v) is 3.63. The smallest absolute Gasteiger partial charge is 0.0473 e. The predicted molar refractivity (Wildman–Crippen MR) is 64.7 cm³/mol. The Bertz CT molecular complexity index is 587. The zero-order chi connectivity index (χ0) is 10.3. The Hall–Kier alpha value is -2.02. The van der Waals surface area contributed by atoms with Crippen LogP contribution in [0.1, 0.15) is 0 Å². The first-order chi connectivity index (χ1) is 7.36. The van der Waals surface area contributed by atoms with Gasteiger partial charge in [0.25, 0.3) is 0 Å². The summed E-state index contributed by atoms with van der Waals surface area (Å²) in [6.45, 7) is 0. The van der Waals surface area contributed by atoms with E-state index in [0.717, 1.165) is 27.2 Å². The molecule has 0 saturated carbocycles. The standard InChI is InChI=1S/C14H10N/c15-14-12-7-3-1-5-10(12)9-11-6-2-4-8-13(11)14/h1-8H,15H2. The minimum absolute atomic E-state index is 0.847. The fourth-order valence-corrected chi connectivity index (χ4v) is 1.94. The van der Waals surface area contributed by atoms with Gasteiger partial charge in [-0.2, -0.15) is 0 Å². The van der Waals surface area contributed by atoms with E-state index in [0.29, 0.717) is 0 Å². The molecule has 0 aliphatic carbocycles. The summed E-state index contributed by atoms with van der Waals surface area (Å²) in [6.07, 6.45) is 0. The summed E-state index contributed by atoms with van der Waals surface area (Å²) in [7, 11) is 0. The van der Waals surface area contributed by atoms with Crippen molar-refractivity contribution >= 4 is 27.2 Å². The van der Waals surface area contributed by atoms with Crippen LogP contribution in [0.4, 0.5) is 5.69 Å². The maximum Gasteiger partial charge on any atom is 0.0473 e. The molecule has 3 aromatic rings. The number of benzene rings is 3. The van der Waals surface area contributed by atoms with E-state index in [1.165, 1.54) is 0 Å². The number of hydrogen-bond acceptors (Lipinski definition) is 1. The molecule has 3 rings (SSSR count). The van der Waals surface area contributed by atoms with Crippen molar-refractivity contribution < 1.29 is 0 Å². The van der Waals surface area contributed by atoms with Crippen LogP contribution in [0.15, 0.2) is 48.5 Å². The number of hydrogen-bond donors (Lipinski definition) is 1. The van der Waals surface area contributed by atoms with Crippen molar-refractivity contribution in [1.29, 1.82) is 0 Å². The summed E-state index contributed by atoms with van der Waals surface area (Å²) in [5, 5.41) is 4.31. The molecule has 0 atom stereocenters. The Morgan fingerprint density at radius 3 is 1.73 bits per heavy atom. The van der Waals surface area contributed by atoms with Crippen LogP contribution in [0.25, 0.3) is 21.5 Å². The quantitative estimate of drug-likeness (QED) is 0.429. The molecule has 0 unspecified atom stereocenters. The van der Waals surface area contributed by atoms with Crippen LogP contribution in [0, 0.1) is 6.07 Å². The van der Waals surface area contributed by atoms with Gasteiger partial charge in [-0.1, -0.05) is 48.5 Å². The summed E-state index contributed by atoms with van der Waals surface area (Å²) in [6, 6.07) is 19.5. The Kier molecular flexibility index (Phi) is 1.65. The van der Waals surface area contributed by atoms with Crippen molar-refractivity contribution in [1.82, 2.24) is 0 Å². The molecular formula is C14H10N. The van der Waals surface area contributed by atoms with Gasteiger partial charge in [-0.3, -0.25) is 0 Å². The molecule has 0 aromatic heterocycles. The zero-order valence-corrected chi connectivity index (χ0v) is 8.20. The van der Waals surface area contributed by atoms with E-state index in [4.69, 9.17) is 5.73 Å². The van der Waals surface area contributed by atoms with Gasteiger partial charge in [0.05, 0.1) is 0 Å². The highest BCUT2D eigenvalue weighted by atomic mass is 14.6. The van der Waals surface area contributed by atoms with Crippen LogP contribution < -0.4 is 5.73 Å². The first kappa shape index (κ1) is 8.30. The Morgan fingerprint density at radius 1 is 0.733 bits per heavy atom. The van der Waals surface area contributed by atoms with Crippen LogP contribution in [-0.4, -0.2) is 0 Å². The molecular weight excluding hydrogens is 182 g/mol. The molecule has 2 N–H and O–H groups in total. The van der Waals surface area contributed by atoms with Crippen LogP contribution in [-0.2, 0) is 0 Å². The lowest BCUT2D eigenvalue weighted by molar-refractivity contribution is 1.74. The molecule has 0 spiro atoms. The summed E-state index contributed by atoms with van der Waals surface area (Å²) in [5.41, 5.74) is 6.98. The average molecular weight is 192 g/mol. The molecule has 0 fully saturated rings. The van der Waals surface area contributed by atoms with E-state index in [9.17, 15) is 0 Å². The maximum atomic E-state index is 6.13. The normalized spacial score (nSPS) is 10.9. The Labute approximate surface area is 88.1 Å². The molecule has 0 aliphatic heterocycles. The van der Waals surface area contributed by atoms with E-state index < -0.39 is 0 Å². The third kappa shape index (κ3) is 1.17. The molecule has 15 heavy (non-hydrogen) atoms. The SMILES string of the molecule is Nc1c2ccccc2[c]c2ccccc12. The Balaban J connectivity index is 2.60. The second-order valence-electron chi connectivity index (χ2n) is 3.63. The van der Waals surface area contributed by atoms with Gasteiger partial charge in [0.15, 0.2) is 0 Å². The molecule has 1 heteroatoms. The van der Waals surface area contributed by atoms with Gasteiger partial charge in [-0.25, -0.2) is 0 Å². The lowest BCUT2D eigenvalue weighted by Crippen LogP contribution is -1.89. The van der Waals surface area contributed by atoms with Crippen LogP contribution in [0.2, 0.25) is 0 Å². The van der Waals surface area contributed by atoms with Crippen LogP contribution in [0.3, 0.4) is 0 Å². The van der Waals surface area contributed by atoms with Gasteiger partial charge >= 0.3 is 0 Å². The average Bonchev–Trinajstić information content (AvgIpc) is 2.30. The second kappa shape index (κ2) is 2.99. The molecule has 0 amide bonds. The van der Waals surface area contributed by atoms with E-state index in [1.807, 2.05) is 48.5 Å². The fourth-order valence-electron chi connectivity index (χ4n) is 1.94. The molecule has 0 aliphatic rings. The number of rotatable bonds is 0. The van der Waals surface area contributed by atoms with Gasteiger partial charge < -0.3 is 5.73 Å². The first-order valence-corrected chi connectivity index (χ1v) is 4.94. The molecule has 71 valence electrons. The number of anilines is 1. The van der Waals surface area contributed by atoms with Gasteiger partial charge in [0, 0.05) is 16.5 Å². The van der Waals surface area contributed by atoms with E-state index in [2.05, 4.69) is 6.07 Å². The first-order valence-electron chi connectivity index (χ1n) is 4.94. The van der Waals surface area contributed by atoms with Crippen LogP contribution in [0.5, 0.6) is 0 Å². The Morgan fingerprint density at radius 2 is 1.20 bits per heavy atom. The minimum Gasteiger partial charge on any atom is -0.398 e. The highest BCUT2D eigenvalue weighted by molar-refractivity contribution is 6.09. The minimum atomic E-state index is 0.847. The number of nitrogens with two attached hydrogens (primary N) is 1. The summed E-state index contributed by atoms with van der Waals surface area (Å²) >= 11 is 0. The molecule has 1 nitrogen and oxygen atoms in total. The number of nitrogen functional groups attached to an aromatic ring is 1. The summed E-state index contributed by atoms with van der Waals surface area (Å²) < 4.78 is 0. The molecule has 0 bridgehead atoms. The van der Waals surface area contributed by atoms with Gasteiger partial charge in [-0.15, -0.1) is 0 Å². The van der Waals surface area contributed by atoms with Crippen molar-refractivity contribution in [3.63, 3.8) is 0 Å². The lowest BCUT2D eigenvalue weighted by Gasteiger charge is -2.06. The molecule has 0 heterocycles. The molecule has 0 saturated heterocycles. The van der Waals surface area contributed by atoms with E-state index in [-0.39, 0.29) is 0 Å². The third-order valence-corrected chi connectivity index (χ3v) is 2.70. The van der Waals surface area contributed by atoms with Crippen molar-refractivity contribution in [2.24, 2.45) is 0 Å². The zero-order valence-electron chi connectivity index (χ0n) is 8.20. The largest absolute Gasteiger partial charge is 0.398 e. The fraction of sp³-hybridized carbons (Fsp3) is 0. The van der Waals surface area contributed by atoms with E-state index in [1.54, 1.807) is 0 Å². The molecule has 3 aromatic carbocycles. The third-order valence-electron chi connectivity index (χ3n) is 2.70. The van der Waals surface area contributed by atoms with Gasteiger partial charge in [-0.05, 0) is 16.8 Å². The highest BCUT2D eigenvalue weighted by Crippen LogP contribution is 2.29. The summed E-state index contributed by atoms with van der Waals surface area (Å²) in [4.78, 5) is 0. The lowest BCUT2D eigenvalue weighted by atomic mass is 10.0. The van der Waals surface area contributed by atoms with Gasteiger partial charge in [0.2, 0.25) is 0 Å². The van der Waals surface area contributed by atoms with Crippen molar-refractivity contribution in [3.8, 4) is 0 Å². The van der Waals surface area contributed by atoms with Crippen LogP contribution >= 0.6 is 0 Å². The van der Waals surface area contributed by atoms with Crippen molar-refractivity contribution in [3.05, 3.63) is 54.6 Å². The number of fused-ring (bicyclic) bond motifs is 2. The monoisotopic (exact) mass is 192 g/mol. The predicted octanol–water partition coefficient (Wildman–Crippen LogP) is 3.38. The highest BCUT2D eigenvalue weighted by Gasteiger charge is 2.02. The van der Waals surface area contributed by atoms with Crippen molar-refractivity contribution in [2.45, 2.75) is 0 Å². The molecule has 1 radical (unpaired) electrons.